The molecule has 0 fully saturated rings. The van der Waals surface area contributed by atoms with Gasteiger partial charge in [-0.05, 0) is 84.5 Å². The number of phenols is 1. The molecule has 23 heteroatoms. The Balaban J connectivity index is 1.11. The van der Waals surface area contributed by atoms with Crippen molar-refractivity contribution in [3.63, 3.8) is 0 Å². The van der Waals surface area contributed by atoms with Crippen molar-refractivity contribution in [3.05, 3.63) is 202 Å². The molecule has 0 bridgehead atoms. The van der Waals surface area contributed by atoms with Gasteiger partial charge in [-0.2, -0.15) is 0 Å². The third kappa shape index (κ3) is 20.1. The number of fused-ring (bicyclic) bond motifs is 1. The number of halogens is 1. The summed E-state index contributed by atoms with van der Waals surface area (Å²) in [6.45, 7) is 1.21. The van der Waals surface area contributed by atoms with Gasteiger partial charge < -0.3 is 51.1 Å². The number of aromatic hydroxyl groups is 1. The molecule has 1 aliphatic rings. The van der Waals surface area contributed by atoms with Crippen molar-refractivity contribution >= 4 is 71.2 Å². The number of aliphatic imine (C=N–C) groups is 1. The van der Waals surface area contributed by atoms with Crippen LogP contribution in [-0.2, 0) is 77.4 Å². The van der Waals surface area contributed by atoms with E-state index in [1.165, 1.54) is 17.0 Å². The molecular weight excluding hydrogens is 1130 g/mol. The molecule has 1 unspecified atom stereocenters. The number of phenolic OH excluding ortho intramolecular Hbond substituents is 1. The number of hydrogen-bond donors (Lipinski definition) is 8. The largest absolute Gasteiger partial charge is 0.508 e. The first-order valence-corrected chi connectivity index (χ1v) is 28.2. The first-order chi connectivity index (χ1) is 41.6. The van der Waals surface area contributed by atoms with Gasteiger partial charge in [0.25, 0.3) is 5.91 Å². The van der Waals surface area contributed by atoms with E-state index in [2.05, 4.69) is 36.9 Å². The Morgan fingerprint density at radius 2 is 1.16 bits per heavy atom. The predicted molar refractivity (Wildman–Crippen MR) is 319 cm³/mol. The minimum atomic E-state index is -1.40. The number of carbonyl (C=O) groups excluding carboxylic acids is 8. The smallest absolute Gasteiger partial charge is 0.414 e. The maximum absolute atomic E-state index is 15.2. The lowest BCUT2D eigenvalue weighted by atomic mass is 9.90. The van der Waals surface area contributed by atoms with Crippen LogP contribution in [0.15, 0.2) is 163 Å². The second-order valence-electron chi connectivity index (χ2n) is 20.0. The molecule has 1 heterocycles. The molecule has 0 spiro atoms. The standard InChI is InChI=1S/C63H68ClN9O13/c1-41-33-47(74)35-54-48(41)36-52(58(78)73(54)53(57(77)68-51(55(65)75)34-42-19-6-2-7-20-42)30-16-17-31-67-60(79)86-40-46-27-14-15-28-49(46)64)69-56(76)50(70-61(80)83-37-43-21-8-3-9-22-43)29-18-32-66-59(71-62(81)84-38-44-23-10-4-11-24-44)72-63(82)85-39-45-25-12-5-13-26-45/h2-15,19-28,33,35,50-53,74H,16-18,29-32,34,36-40H2,1H3,(H2,65,75)(H,67,79)(H,68,77)(H,69,76)(H,70,80)(H2,66,71,72,81,82)/t50?,51-,52-,53-/m0/s1. The van der Waals surface area contributed by atoms with E-state index in [1.54, 1.807) is 140 Å². The Morgan fingerprint density at radius 1 is 0.628 bits per heavy atom. The van der Waals surface area contributed by atoms with Gasteiger partial charge in [0, 0.05) is 42.6 Å². The molecule has 0 aromatic heterocycles. The lowest BCUT2D eigenvalue weighted by Crippen LogP contribution is -2.62. The van der Waals surface area contributed by atoms with Gasteiger partial charge >= 0.3 is 24.4 Å². The third-order valence-electron chi connectivity index (χ3n) is 13.6. The average Bonchev–Trinajstić information content (AvgIpc) is 1.12. The maximum Gasteiger partial charge on any atom is 0.414 e. The van der Waals surface area contributed by atoms with E-state index in [9.17, 15) is 38.7 Å². The van der Waals surface area contributed by atoms with E-state index in [1.807, 2.05) is 12.1 Å². The fourth-order valence-corrected chi connectivity index (χ4v) is 9.40. The molecule has 450 valence electrons. The van der Waals surface area contributed by atoms with Gasteiger partial charge in [-0.15, -0.1) is 0 Å². The van der Waals surface area contributed by atoms with Crippen molar-refractivity contribution in [2.24, 2.45) is 10.7 Å². The number of rotatable bonds is 26. The molecule has 7 rings (SSSR count). The highest BCUT2D eigenvalue weighted by Crippen LogP contribution is 2.37. The van der Waals surface area contributed by atoms with Crippen LogP contribution in [0.25, 0.3) is 0 Å². The van der Waals surface area contributed by atoms with Crippen LogP contribution in [0.3, 0.4) is 0 Å². The SMILES string of the molecule is Cc1cc(O)cc2c1C[C@H](NC(=O)C(CCCN=C(NC(=O)OCc1ccccc1)NC(=O)OCc1ccccc1)NC(=O)OCc1ccccc1)C(=O)N2[C@@H](CCCCNC(=O)OCc1ccccc1Cl)C(=O)N[C@@H](Cc1ccccc1)C(N)=O. The lowest BCUT2D eigenvalue weighted by Gasteiger charge is -2.40. The molecule has 0 radical (unpaired) electrons. The summed E-state index contributed by atoms with van der Waals surface area (Å²) in [5.74, 6) is -3.79. The Kier molecular flexibility index (Phi) is 24.2. The monoisotopic (exact) mass is 1190 g/mol. The summed E-state index contributed by atoms with van der Waals surface area (Å²) >= 11 is 6.23. The van der Waals surface area contributed by atoms with Crippen molar-refractivity contribution in [1.29, 1.82) is 0 Å². The number of primary amides is 1. The van der Waals surface area contributed by atoms with Gasteiger partial charge in [0.05, 0.1) is 5.69 Å². The summed E-state index contributed by atoms with van der Waals surface area (Å²) in [7, 11) is 0. The number of guanidine groups is 1. The summed E-state index contributed by atoms with van der Waals surface area (Å²) in [4.78, 5) is 116. The minimum absolute atomic E-state index is 0.0163. The first-order valence-electron chi connectivity index (χ1n) is 27.8. The highest BCUT2D eigenvalue weighted by Gasteiger charge is 2.42. The topological polar surface area (TPSA) is 308 Å². The van der Waals surface area contributed by atoms with Crippen LogP contribution >= 0.6 is 11.6 Å². The van der Waals surface area contributed by atoms with Crippen LogP contribution in [0.1, 0.15) is 71.0 Å². The second-order valence-corrected chi connectivity index (χ2v) is 20.4. The lowest BCUT2D eigenvalue weighted by molar-refractivity contribution is -0.132. The van der Waals surface area contributed by atoms with E-state index in [-0.39, 0.29) is 102 Å². The van der Waals surface area contributed by atoms with E-state index in [0.717, 1.165) is 0 Å². The number of nitrogens with zero attached hydrogens (tertiary/aromatic N) is 2. The number of amides is 8. The van der Waals surface area contributed by atoms with Gasteiger partial charge in [0.15, 0.2) is 0 Å². The van der Waals surface area contributed by atoms with Crippen LogP contribution in [0.2, 0.25) is 5.02 Å². The van der Waals surface area contributed by atoms with Gasteiger partial charge in [-0.25, -0.2) is 19.2 Å². The minimum Gasteiger partial charge on any atom is -0.508 e. The van der Waals surface area contributed by atoms with E-state index in [0.29, 0.717) is 44.0 Å². The summed E-state index contributed by atoms with van der Waals surface area (Å²) < 4.78 is 21.6. The number of alkyl carbamates (subject to hydrolysis) is 4. The van der Waals surface area contributed by atoms with Crippen molar-refractivity contribution in [3.8, 4) is 5.75 Å². The quantitative estimate of drug-likeness (QED) is 0.0112. The molecule has 6 aromatic carbocycles. The molecule has 1 aliphatic heterocycles. The number of unbranched alkanes of at least 4 members (excludes halogenated alkanes) is 1. The Hall–Kier alpha value is -9.96. The number of hydrogen-bond acceptors (Lipinski definition) is 14. The Morgan fingerprint density at radius 3 is 1.73 bits per heavy atom. The fourth-order valence-electron chi connectivity index (χ4n) is 9.21. The number of nitrogens with one attached hydrogen (secondary N) is 6. The number of carbonyl (C=O) groups is 8. The molecule has 0 saturated carbocycles. The van der Waals surface area contributed by atoms with Gasteiger partial charge in [-0.1, -0.05) is 151 Å². The van der Waals surface area contributed by atoms with E-state index < -0.39 is 72.2 Å². The molecule has 4 atom stereocenters. The number of benzene rings is 6. The Labute approximate surface area is 502 Å². The van der Waals surface area contributed by atoms with Crippen LogP contribution in [-0.4, -0.2) is 96.3 Å². The number of aryl methyl sites for hydroxylation is 1. The third-order valence-corrected chi connectivity index (χ3v) is 14.0. The fraction of sp³-hybridized carbons (Fsp3) is 0.286. The van der Waals surface area contributed by atoms with E-state index in [4.69, 9.17) is 36.3 Å². The maximum atomic E-state index is 15.2. The zero-order valence-electron chi connectivity index (χ0n) is 47.2. The van der Waals surface area contributed by atoms with Crippen LogP contribution in [0, 0.1) is 6.92 Å². The molecule has 0 aliphatic carbocycles. The summed E-state index contributed by atoms with van der Waals surface area (Å²) in [5, 5.41) is 27.1. The normalized spacial score (nSPS) is 13.4. The highest BCUT2D eigenvalue weighted by molar-refractivity contribution is 6.31. The van der Waals surface area contributed by atoms with Crippen LogP contribution in [0.4, 0.5) is 24.9 Å². The van der Waals surface area contributed by atoms with E-state index >= 15 is 4.79 Å². The van der Waals surface area contributed by atoms with Crippen molar-refractivity contribution in [2.75, 3.05) is 18.0 Å². The van der Waals surface area contributed by atoms with Gasteiger partial charge in [-0.3, -0.25) is 39.7 Å². The number of anilines is 1. The zero-order chi connectivity index (χ0) is 61.2. The molecule has 0 saturated heterocycles. The molecule has 9 N–H and O–H groups in total. The van der Waals surface area contributed by atoms with Crippen molar-refractivity contribution in [1.82, 2.24) is 31.9 Å². The number of nitrogens with two attached hydrogens (primary N) is 1. The number of ether oxygens (including phenoxy) is 4. The molecule has 86 heavy (non-hydrogen) atoms. The van der Waals surface area contributed by atoms with Crippen molar-refractivity contribution in [2.45, 2.75) is 102 Å². The molecule has 6 aromatic rings. The summed E-state index contributed by atoms with van der Waals surface area (Å²) in [6, 6.07) is 39.7. The first kappa shape index (κ1) is 63.6. The molecule has 22 nitrogen and oxygen atoms in total. The average molecular weight is 1190 g/mol. The van der Waals surface area contributed by atoms with Gasteiger partial charge in [0.2, 0.25) is 23.7 Å². The summed E-state index contributed by atoms with van der Waals surface area (Å²) in [5.41, 5.74) is 10.4. The van der Waals surface area contributed by atoms with Crippen molar-refractivity contribution < 1.29 is 62.4 Å². The van der Waals surface area contributed by atoms with Crippen LogP contribution < -0.4 is 42.5 Å². The molecule has 8 amide bonds. The van der Waals surface area contributed by atoms with Crippen LogP contribution in [0.5, 0.6) is 5.75 Å². The zero-order valence-corrected chi connectivity index (χ0v) is 48.0. The Bertz CT molecular complexity index is 3250. The van der Waals surface area contributed by atoms with Gasteiger partial charge in [0.1, 0.15) is 56.3 Å². The summed E-state index contributed by atoms with van der Waals surface area (Å²) in [6.07, 6.45) is -3.37. The molecular formula is C63H68ClN9O13. The predicted octanol–water partition coefficient (Wildman–Crippen LogP) is 7.69. The highest BCUT2D eigenvalue weighted by atomic mass is 35.5. The second kappa shape index (κ2) is 32.8.